The van der Waals surface area contributed by atoms with E-state index in [4.69, 9.17) is 9.84 Å². The second-order valence-corrected chi connectivity index (χ2v) is 5.73. The molecule has 17 heavy (non-hydrogen) atoms. The fraction of sp³-hybridized carbons (Fsp3) is 0.364. The van der Waals surface area contributed by atoms with E-state index in [1.165, 1.54) is 19.2 Å². The molecule has 0 heterocycles. The fourth-order valence-electron chi connectivity index (χ4n) is 1.66. The Morgan fingerprint density at radius 1 is 1.29 bits per heavy atom. The lowest BCUT2D eigenvalue weighted by Gasteiger charge is -2.11. The van der Waals surface area contributed by atoms with Gasteiger partial charge in [0, 0.05) is 0 Å². The Kier molecular flexibility index (Phi) is 3.77. The summed E-state index contributed by atoms with van der Waals surface area (Å²) in [4.78, 5) is 10.5. The third-order valence-electron chi connectivity index (χ3n) is 2.31. The minimum absolute atomic E-state index is 0.00991. The van der Waals surface area contributed by atoms with Crippen molar-refractivity contribution in [2.45, 2.75) is 18.7 Å². The summed E-state index contributed by atoms with van der Waals surface area (Å²) < 4.78 is 28.6. The van der Waals surface area contributed by atoms with Crippen LogP contribution >= 0.6 is 0 Å². The lowest BCUT2D eigenvalue weighted by atomic mass is 10.1. The van der Waals surface area contributed by atoms with Crippen LogP contribution in [-0.4, -0.2) is 32.4 Å². The number of hydrogen-bond acceptors (Lipinski definition) is 4. The van der Waals surface area contributed by atoms with Gasteiger partial charge in [-0.2, -0.15) is 0 Å². The number of benzene rings is 1. The first-order chi connectivity index (χ1) is 7.77. The number of hydrogen-bond donors (Lipinski definition) is 1. The zero-order chi connectivity index (χ0) is 13.2. The molecule has 0 aliphatic carbocycles. The van der Waals surface area contributed by atoms with Crippen molar-refractivity contribution < 1.29 is 23.1 Å². The van der Waals surface area contributed by atoms with Crippen molar-refractivity contribution in [2.75, 3.05) is 12.9 Å². The van der Waals surface area contributed by atoms with Gasteiger partial charge in [-0.1, -0.05) is 0 Å². The van der Waals surface area contributed by atoms with Gasteiger partial charge < -0.3 is 9.84 Å². The minimum Gasteiger partial charge on any atom is -0.496 e. The van der Waals surface area contributed by atoms with E-state index in [9.17, 15) is 13.2 Å². The maximum Gasteiger partial charge on any atom is 0.319 e. The van der Waals surface area contributed by atoms with Crippen LogP contribution in [0.2, 0.25) is 0 Å². The number of carboxylic acids is 1. The lowest BCUT2D eigenvalue weighted by molar-refractivity contribution is -0.134. The molecule has 0 aromatic heterocycles. The van der Waals surface area contributed by atoms with Crippen LogP contribution in [0.5, 0.6) is 5.75 Å². The molecule has 0 atom stereocenters. The number of methoxy groups -OCH3 is 1. The molecule has 0 bridgehead atoms. The van der Waals surface area contributed by atoms with Crippen LogP contribution in [0.4, 0.5) is 0 Å². The van der Waals surface area contributed by atoms with Gasteiger partial charge in [-0.3, -0.25) is 4.79 Å². The molecule has 0 spiro atoms. The van der Waals surface area contributed by atoms with Gasteiger partial charge in [-0.15, -0.1) is 0 Å². The molecule has 1 rings (SSSR count). The number of aryl methyl sites for hydroxylation is 2. The molecule has 1 aromatic carbocycles. The van der Waals surface area contributed by atoms with Crippen LogP contribution in [0.15, 0.2) is 17.0 Å². The van der Waals surface area contributed by atoms with E-state index in [1.54, 1.807) is 13.8 Å². The summed E-state index contributed by atoms with van der Waals surface area (Å²) in [5.41, 5.74) is 1.33. The molecule has 0 amide bonds. The standard InChI is InChI=1S/C11H14O5S/c1-7-4-9(5-8(2)11(7)16-3)17(14,15)6-10(12)13/h4-5H,6H2,1-3H3,(H,12,13). The summed E-state index contributed by atoms with van der Waals surface area (Å²) in [7, 11) is -2.28. The third kappa shape index (κ3) is 2.97. The van der Waals surface area contributed by atoms with E-state index < -0.39 is 21.6 Å². The summed E-state index contributed by atoms with van der Waals surface area (Å²) in [6.45, 7) is 3.43. The first-order valence-corrected chi connectivity index (χ1v) is 6.53. The number of aliphatic carboxylic acids is 1. The van der Waals surface area contributed by atoms with Crippen molar-refractivity contribution in [3.8, 4) is 5.75 Å². The Morgan fingerprint density at radius 2 is 1.76 bits per heavy atom. The molecule has 0 saturated heterocycles. The second kappa shape index (κ2) is 4.75. The predicted octanol–water partition coefficient (Wildman–Crippen LogP) is 1.17. The summed E-state index contributed by atoms with van der Waals surface area (Å²) in [6, 6.07) is 2.84. The fourth-order valence-corrected chi connectivity index (χ4v) is 2.86. The maximum atomic E-state index is 11.7. The van der Waals surface area contributed by atoms with Crippen molar-refractivity contribution in [1.82, 2.24) is 0 Å². The number of ether oxygens (including phenoxy) is 1. The Labute approximate surface area is 100.0 Å². The highest BCUT2D eigenvalue weighted by Crippen LogP contribution is 2.26. The predicted molar refractivity (Wildman–Crippen MR) is 62.2 cm³/mol. The summed E-state index contributed by atoms with van der Waals surface area (Å²) >= 11 is 0. The van der Waals surface area contributed by atoms with E-state index in [0.717, 1.165) is 0 Å². The quantitative estimate of drug-likeness (QED) is 0.876. The number of carbonyl (C=O) groups is 1. The molecule has 5 nitrogen and oxygen atoms in total. The van der Waals surface area contributed by atoms with Crippen LogP contribution in [0.25, 0.3) is 0 Å². The van der Waals surface area contributed by atoms with Gasteiger partial charge in [0.25, 0.3) is 0 Å². The average Bonchev–Trinajstić information content (AvgIpc) is 2.14. The normalized spacial score (nSPS) is 11.2. The first kappa shape index (κ1) is 13.5. The van der Waals surface area contributed by atoms with E-state index in [1.807, 2.05) is 0 Å². The monoisotopic (exact) mass is 258 g/mol. The molecule has 0 saturated carbocycles. The van der Waals surface area contributed by atoms with Crippen LogP contribution in [0.1, 0.15) is 11.1 Å². The van der Waals surface area contributed by atoms with Crippen LogP contribution in [0.3, 0.4) is 0 Å². The molecule has 94 valence electrons. The van der Waals surface area contributed by atoms with Gasteiger partial charge >= 0.3 is 5.97 Å². The van der Waals surface area contributed by atoms with Gasteiger partial charge in [0.2, 0.25) is 0 Å². The van der Waals surface area contributed by atoms with E-state index in [2.05, 4.69) is 0 Å². The molecule has 1 aromatic rings. The molecule has 0 radical (unpaired) electrons. The largest absolute Gasteiger partial charge is 0.496 e. The molecule has 0 unspecified atom stereocenters. The zero-order valence-corrected chi connectivity index (χ0v) is 10.7. The highest BCUT2D eigenvalue weighted by Gasteiger charge is 2.20. The van der Waals surface area contributed by atoms with Crippen molar-refractivity contribution in [3.63, 3.8) is 0 Å². The van der Waals surface area contributed by atoms with Crippen LogP contribution in [0, 0.1) is 13.8 Å². The van der Waals surface area contributed by atoms with Crippen molar-refractivity contribution in [3.05, 3.63) is 23.3 Å². The Bertz CT molecular complexity index is 522. The third-order valence-corrected chi connectivity index (χ3v) is 3.89. The van der Waals surface area contributed by atoms with Crippen molar-refractivity contribution in [2.24, 2.45) is 0 Å². The molecule has 1 N–H and O–H groups in total. The van der Waals surface area contributed by atoms with Crippen molar-refractivity contribution in [1.29, 1.82) is 0 Å². The highest BCUT2D eigenvalue weighted by molar-refractivity contribution is 7.92. The van der Waals surface area contributed by atoms with Gasteiger partial charge in [0.1, 0.15) is 5.75 Å². The molecule has 0 aliphatic rings. The van der Waals surface area contributed by atoms with Crippen LogP contribution in [-0.2, 0) is 14.6 Å². The number of sulfone groups is 1. The second-order valence-electron chi connectivity index (χ2n) is 3.74. The lowest BCUT2D eigenvalue weighted by Crippen LogP contribution is -2.15. The van der Waals surface area contributed by atoms with Gasteiger partial charge in [-0.05, 0) is 37.1 Å². The minimum atomic E-state index is -3.78. The molecule has 0 fully saturated rings. The van der Waals surface area contributed by atoms with Gasteiger partial charge in [0.05, 0.1) is 12.0 Å². The SMILES string of the molecule is COc1c(C)cc(S(=O)(=O)CC(=O)O)cc1C. The summed E-state index contributed by atoms with van der Waals surface area (Å²) in [5.74, 6) is -1.66. The summed E-state index contributed by atoms with van der Waals surface area (Å²) in [6.07, 6.45) is 0. The summed E-state index contributed by atoms with van der Waals surface area (Å²) in [5, 5.41) is 8.55. The molecule has 6 heteroatoms. The van der Waals surface area contributed by atoms with E-state index in [0.29, 0.717) is 16.9 Å². The van der Waals surface area contributed by atoms with Gasteiger partial charge in [0.15, 0.2) is 15.6 Å². The number of rotatable bonds is 4. The molecular formula is C11H14O5S. The first-order valence-electron chi connectivity index (χ1n) is 4.87. The van der Waals surface area contributed by atoms with E-state index >= 15 is 0 Å². The van der Waals surface area contributed by atoms with Crippen LogP contribution < -0.4 is 4.74 Å². The Balaban J connectivity index is 3.30. The Hall–Kier alpha value is -1.56. The zero-order valence-electron chi connectivity index (χ0n) is 9.85. The highest BCUT2D eigenvalue weighted by atomic mass is 32.2. The maximum absolute atomic E-state index is 11.7. The molecule has 0 aliphatic heterocycles. The Morgan fingerprint density at radius 3 is 2.12 bits per heavy atom. The smallest absolute Gasteiger partial charge is 0.319 e. The average molecular weight is 258 g/mol. The van der Waals surface area contributed by atoms with Crippen molar-refractivity contribution >= 4 is 15.8 Å². The van der Waals surface area contributed by atoms with E-state index in [-0.39, 0.29) is 4.90 Å². The topological polar surface area (TPSA) is 80.7 Å². The molecular weight excluding hydrogens is 244 g/mol. The van der Waals surface area contributed by atoms with Gasteiger partial charge in [-0.25, -0.2) is 8.42 Å². The number of carboxylic acid groups (broad SMARTS) is 1.